The molecule has 0 unspecified atom stereocenters. The zero-order chi connectivity index (χ0) is 7.84. The van der Waals surface area contributed by atoms with E-state index in [1.54, 1.807) is 0 Å². The highest BCUT2D eigenvalue weighted by Crippen LogP contribution is 2.28. The van der Waals surface area contributed by atoms with Gasteiger partial charge in [-0.15, -0.1) is 0 Å². The van der Waals surface area contributed by atoms with Crippen molar-refractivity contribution in [1.82, 2.24) is 4.98 Å². The number of nitrogens with zero attached hydrogens (tertiary/aromatic N) is 1. The van der Waals surface area contributed by atoms with E-state index in [9.17, 15) is 0 Å². The Hall–Kier alpha value is -0.630. The molecule has 0 saturated carbocycles. The number of pyridine rings is 1. The van der Waals surface area contributed by atoms with Crippen molar-refractivity contribution in [2.45, 2.75) is 13.3 Å². The number of hydrogen-bond acceptors (Lipinski definition) is 1. The number of fused-ring (bicyclic) bond motifs is 1. The molecule has 0 radical (unpaired) electrons. The van der Waals surface area contributed by atoms with Crippen molar-refractivity contribution in [1.29, 1.82) is 0 Å². The summed E-state index contributed by atoms with van der Waals surface area (Å²) in [5, 5.41) is 0. The summed E-state index contributed by atoms with van der Waals surface area (Å²) in [5.74, 6) is 0. The first-order valence-corrected chi connectivity index (χ1v) is 4.37. The van der Waals surface area contributed by atoms with Gasteiger partial charge in [-0.25, -0.2) is 4.98 Å². The topological polar surface area (TPSA) is 12.9 Å². The Bertz CT molecular complexity index is 328. The van der Waals surface area contributed by atoms with Crippen molar-refractivity contribution in [3.63, 3.8) is 0 Å². The van der Waals surface area contributed by atoms with Gasteiger partial charge in [-0.1, -0.05) is 11.6 Å². The van der Waals surface area contributed by atoms with E-state index < -0.39 is 0 Å². The lowest BCUT2D eigenvalue weighted by atomic mass is 10.2. The molecule has 1 aliphatic carbocycles. The van der Waals surface area contributed by atoms with Crippen LogP contribution in [0.2, 0.25) is 0 Å². The number of halogens is 1. The van der Waals surface area contributed by atoms with Gasteiger partial charge < -0.3 is 0 Å². The SMILES string of the molecule is CC1=Cc2c(ccnc2Br)C1. The Kier molecular flexibility index (Phi) is 1.57. The first-order valence-electron chi connectivity index (χ1n) is 3.58. The molecule has 11 heavy (non-hydrogen) atoms. The van der Waals surface area contributed by atoms with Gasteiger partial charge in [0.15, 0.2) is 0 Å². The molecule has 1 nitrogen and oxygen atoms in total. The maximum Gasteiger partial charge on any atom is 0.113 e. The first-order chi connectivity index (χ1) is 5.27. The fourth-order valence-corrected chi connectivity index (χ4v) is 1.88. The third-order valence-corrected chi connectivity index (χ3v) is 2.52. The molecule has 56 valence electrons. The van der Waals surface area contributed by atoms with Crippen LogP contribution in [0.3, 0.4) is 0 Å². The summed E-state index contributed by atoms with van der Waals surface area (Å²) in [6.45, 7) is 2.15. The number of rotatable bonds is 0. The lowest BCUT2D eigenvalue weighted by Gasteiger charge is -1.97. The predicted molar refractivity (Wildman–Crippen MR) is 49.3 cm³/mol. The highest BCUT2D eigenvalue weighted by molar-refractivity contribution is 9.10. The molecule has 0 amide bonds. The summed E-state index contributed by atoms with van der Waals surface area (Å²) < 4.78 is 0.965. The van der Waals surface area contributed by atoms with Gasteiger partial charge >= 0.3 is 0 Å². The Balaban J connectivity index is 2.61. The van der Waals surface area contributed by atoms with Crippen LogP contribution in [0, 0.1) is 0 Å². The van der Waals surface area contributed by atoms with E-state index in [0.717, 1.165) is 11.0 Å². The van der Waals surface area contributed by atoms with Gasteiger partial charge in [-0.05, 0) is 40.9 Å². The van der Waals surface area contributed by atoms with Crippen LogP contribution in [0.25, 0.3) is 6.08 Å². The largest absolute Gasteiger partial charge is 0.249 e. The molecule has 1 aromatic rings. The lowest BCUT2D eigenvalue weighted by molar-refractivity contribution is 1.16. The van der Waals surface area contributed by atoms with Crippen LogP contribution >= 0.6 is 15.9 Å². The van der Waals surface area contributed by atoms with E-state index in [0.29, 0.717) is 0 Å². The Morgan fingerprint density at radius 1 is 1.55 bits per heavy atom. The number of hydrogen-bond donors (Lipinski definition) is 0. The molecule has 2 rings (SSSR count). The lowest BCUT2D eigenvalue weighted by Crippen LogP contribution is -1.85. The van der Waals surface area contributed by atoms with Gasteiger partial charge in [0.2, 0.25) is 0 Å². The Morgan fingerprint density at radius 3 is 3.09 bits per heavy atom. The zero-order valence-corrected chi connectivity index (χ0v) is 7.85. The zero-order valence-electron chi connectivity index (χ0n) is 6.26. The summed E-state index contributed by atoms with van der Waals surface area (Å²) in [4.78, 5) is 4.16. The van der Waals surface area contributed by atoms with Gasteiger partial charge in [0.25, 0.3) is 0 Å². The van der Waals surface area contributed by atoms with Gasteiger partial charge in [-0.3, -0.25) is 0 Å². The van der Waals surface area contributed by atoms with E-state index >= 15 is 0 Å². The van der Waals surface area contributed by atoms with Crippen molar-refractivity contribution < 1.29 is 0 Å². The minimum atomic E-state index is 0.965. The van der Waals surface area contributed by atoms with Gasteiger partial charge in [-0.2, -0.15) is 0 Å². The molecule has 1 aliphatic rings. The molecule has 0 bridgehead atoms. The Morgan fingerprint density at radius 2 is 2.36 bits per heavy atom. The predicted octanol–water partition coefficient (Wildman–Crippen LogP) is 2.80. The number of aromatic nitrogens is 1. The van der Waals surface area contributed by atoms with Crippen LogP contribution in [0.15, 0.2) is 22.4 Å². The molecule has 1 heterocycles. The summed E-state index contributed by atoms with van der Waals surface area (Å²) >= 11 is 3.42. The normalized spacial score (nSPS) is 14.5. The smallest absolute Gasteiger partial charge is 0.113 e. The monoisotopic (exact) mass is 209 g/mol. The van der Waals surface area contributed by atoms with Crippen LogP contribution in [0.4, 0.5) is 0 Å². The van der Waals surface area contributed by atoms with Gasteiger partial charge in [0.1, 0.15) is 4.60 Å². The molecule has 1 aromatic heterocycles. The highest BCUT2D eigenvalue weighted by atomic mass is 79.9. The molecule has 2 heteroatoms. The molecule has 0 atom stereocenters. The second kappa shape index (κ2) is 2.45. The van der Waals surface area contributed by atoms with Crippen LogP contribution in [-0.4, -0.2) is 4.98 Å². The fourth-order valence-electron chi connectivity index (χ4n) is 1.39. The quantitative estimate of drug-likeness (QED) is 0.600. The summed E-state index contributed by atoms with van der Waals surface area (Å²) in [7, 11) is 0. The molecular weight excluding hydrogens is 202 g/mol. The van der Waals surface area contributed by atoms with Crippen LogP contribution in [-0.2, 0) is 6.42 Å². The van der Waals surface area contributed by atoms with Crippen LogP contribution < -0.4 is 0 Å². The standard InChI is InChI=1S/C9H8BrN/c1-6-4-7-2-3-11-9(10)8(7)5-6/h2-3,5H,4H2,1H3. The Labute approximate surface area is 74.3 Å². The molecule has 0 fully saturated rings. The molecule has 0 N–H and O–H groups in total. The minimum absolute atomic E-state index is 0.965. The van der Waals surface area contributed by atoms with Gasteiger partial charge in [0.05, 0.1) is 0 Å². The average Bonchev–Trinajstić information content (AvgIpc) is 2.31. The first kappa shape index (κ1) is 7.04. The molecule has 0 aromatic carbocycles. The van der Waals surface area contributed by atoms with Crippen molar-refractivity contribution in [2.24, 2.45) is 0 Å². The fraction of sp³-hybridized carbons (Fsp3) is 0.222. The molecular formula is C9H8BrN. The van der Waals surface area contributed by atoms with Crippen LogP contribution in [0.1, 0.15) is 18.1 Å². The van der Waals surface area contributed by atoms with Gasteiger partial charge in [0, 0.05) is 11.8 Å². The number of allylic oxidation sites excluding steroid dienone is 1. The van der Waals surface area contributed by atoms with Crippen LogP contribution in [0.5, 0.6) is 0 Å². The molecule has 0 saturated heterocycles. The summed E-state index contributed by atoms with van der Waals surface area (Å²) in [5.41, 5.74) is 4.04. The molecule has 0 spiro atoms. The van der Waals surface area contributed by atoms with E-state index in [1.807, 2.05) is 6.20 Å². The van der Waals surface area contributed by atoms with Crippen molar-refractivity contribution in [3.05, 3.63) is 33.6 Å². The second-order valence-corrected chi connectivity index (χ2v) is 3.59. The van der Waals surface area contributed by atoms with E-state index in [4.69, 9.17) is 0 Å². The molecule has 0 aliphatic heterocycles. The van der Waals surface area contributed by atoms with Crippen molar-refractivity contribution >= 4 is 22.0 Å². The summed E-state index contributed by atoms with van der Waals surface area (Å²) in [6, 6.07) is 2.08. The third kappa shape index (κ3) is 1.11. The highest BCUT2D eigenvalue weighted by Gasteiger charge is 2.11. The second-order valence-electron chi connectivity index (χ2n) is 2.84. The third-order valence-electron chi connectivity index (χ3n) is 1.89. The van der Waals surface area contributed by atoms with Crippen molar-refractivity contribution in [2.75, 3.05) is 0 Å². The average molecular weight is 210 g/mol. The summed E-state index contributed by atoms with van der Waals surface area (Å²) in [6.07, 6.45) is 5.11. The van der Waals surface area contributed by atoms with E-state index in [2.05, 4.69) is 40.0 Å². The van der Waals surface area contributed by atoms with E-state index in [-0.39, 0.29) is 0 Å². The minimum Gasteiger partial charge on any atom is -0.249 e. The maximum absolute atomic E-state index is 4.16. The van der Waals surface area contributed by atoms with Crippen molar-refractivity contribution in [3.8, 4) is 0 Å². The van der Waals surface area contributed by atoms with E-state index in [1.165, 1.54) is 16.7 Å². The maximum atomic E-state index is 4.16.